The molecule has 2 N–H and O–H groups in total. The van der Waals surface area contributed by atoms with E-state index < -0.39 is 6.36 Å². The predicted octanol–water partition coefficient (Wildman–Crippen LogP) is 3.92. The average Bonchev–Trinajstić information content (AvgIpc) is 2.42. The number of hydrogen-bond donors (Lipinski definition) is 2. The predicted molar refractivity (Wildman–Crippen MR) is 75.7 cm³/mol. The Morgan fingerprint density at radius 1 is 1.24 bits per heavy atom. The van der Waals surface area contributed by atoms with Gasteiger partial charge in [0, 0.05) is 13.2 Å². The zero-order valence-electron chi connectivity index (χ0n) is 10.7. The molecule has 0 spiro atoms. The number of alkyl halides is 3. The van der Waals surface area contributed by atoms with Gasteiger partial charge < -0.3 is 15.4 Å². The highest BCUT2D eigenvalue weighted by atomic mass is 79.9. The molecule has 1 aromatic carbocycles. The number of anilines is 3. The van der Waals surface area contributed by atoms with Gasteiger partial charge in [0.1, 0.15) is 5.82 Å². The van der Waals surface area contributed by atoms with E-state index in [1.807, 2.05) is 0 Å². The molecule has 0 aliphatic carbocycles. The summed E-state index contributed by atoms with van der Waals surface area (Å²) in [6.45, 7) is 0. The molecule has 112 valence electrons. The van der Waals surface area contributed by atoms with Crippen LogP contribution in [-0.4, -0.2) is 23.4 Å². The summed E-state index contributed by atoms with van der Waals surface area (Å²) in [5, 5.41) is 5.51. The van der Waals surface area contributed by atoms with Crippen molar-refractivity contribution < 1.29 is 17.9 Å². The zero-order chi connectivity index (χ0) is 15.5. The summed E-state index contributed by atoms with van der Waals surface area (Å²) >= 11 is 3.22. The molecule has 2 aromatic rings. The first-order valence-corrected chi connectivity index (χ1v) is 6.50. The minimum absolute atomic E-state index is 0.135. The van der Waals surface area contributed by atoms with Crippen LogP contribution in [0.2, 0.25) is 0 Å². The number of halogens is 4. The molecule has 1 aromatic heterocycles. The summed E-state index contributed by atoms with van der Waals surface area (Å²) in [5.41, 5.74) is 0.135. The van der Waals surface area contributed by atoms with Crippen LogP contribution in [0, 0.1) is 0 Å². The first kappa shape index (κ1) is 15.4. The quantitative estimate of drug-likeness (QED) is 0.862. The fourth-order valence-corrected chi connectivity index (χ4v) is 1.78. The van der Waals surface area contributed by atoms with Gasteiger partial charge in [-0.25, -0.2) is 4.98 Å². The molecule has 0 fully saturated rings. The number of rotatable bonds is 4. The van der Waals surface area contributed by atoms with Crippen LogP contribution in [0.3, 0.4) is 0 Å². The van der Waals surface area contributed by atoms with E-state index in [1.54, 1.807) is 13.1 Å². The molecule has 0 bridgehead atoms. The fraction of sp³-hybridized carbons (Fsp3) is 0.167. The van der Waals surface area contributed by atoms with Crippen LogP contribution in [0.1, 0.15) is 0 Å². The van der Waals surface area contributed by atoms with Crippen LogP contribution in [-0.2, 0) is 0 Å². The van der Waals surface area contributed by atoms with Gasteiger partial charge in [-0.15, -0.1) is 13.2 Å². The lowest BCUT2D eigenvalue weighted by Crippen LogP contribution is -2.18. The van der Waals surface area contributed by atoms with E-state index in [0.717, 1.165) is 0 Å². The molecule has 0 aliphatic rings. The summed E-state index contributed by atoms with van der Waals surface area (Å²) in [4.78, 5) is 8.07. The van der Waals surface area contributed by atoms with E-state index in [4.69, 9.17) is 0 Å². The Kier molecular flexibility index (Phi) is 4.51. The third-order valence-corrected chi connectivity index (χ3v) is 2.91. The minimum atomic E-state index is -4.77. The Bertz CT molecular complexity index is 636. The van der Waals surface area contributed by atoms with E-state index in [1.165, 1.54) is 24.4 Å². The van der Waals surface area contributed by atoms with Crippen LogP contribution >= 0.6 is 15.9 Å². The Labute approximate surface area is 126 Å². The van der Waals surface area contributed by atoms with Crippen molar-refractivity contribution >= 4 is 33.4 Å². The fourth-order valence-electron chi connectivity index (χ4n) is 1.49. The van der Waals surface area contributed by atoms with Crippen LogP contribution < -0.4 is 15.4 Å². The first-order chi connectivity index (χ1) is 9.89. The minimum Gasteiger partial charge on any atom is -0.404 e. The van der Waals surface area contributed by atoms with Crippen molar-refractivity contribution in [1.29, 1.82) is 0 Å². The van der Waals surface area contributed by atoms with E-state index in [2.05, 4.69) is 41.3 Å². The number of nitrogens with zero attached hydrogens (tertiary/aromatic N) is 2. The number of nitrogens with one attached hydrogen (secondary N) is 2. The SMILES string of the molecule is CNc1ncc(Br)c(Nc2ccccc2OC(F)(F)F)n1. The third kappa shape index (κ3) is 4.22. The van der Waals surface area contributed by atoms with E-state index in [0.29, 0.717) is 16.2 Å². The van der Waals surface area contributed by atoms with Crippen molar-refractivity contribution in [2.45, 2.75) is 6.36 Å². The second-order valence-corrected chi connectivity index (χ2v) is 4.66. The van der Waals surface area contributed by atoms with E-state index in [-0.39, 0.29) is 11.4 Å². The Hall–Kier alpha value is -2.03. The summed E-state index contributed by atoms with van der Waals surface area (Å²) in [6.07, 6.45) is -3.29. The molecular formula is C12H10BrF3N4O. The summed E-state index contributed by atoms with van der Waals surface area (Å²) in [7, 11) is 1.63. The summed E-state index contributed by atoms with van der Waals surface area (Å²) in [6, 6.07) is 5.69. The van der Waals surface area contributed by atoms with Crippen LogP contribution in [0.4, 0.5) is 30.6 Å². The lowest BCUT2D eigenvalue weighted by atomic mass is 10.3. The smallest absolute Gasteiger partial charge is 0.404 e. The van der Waals surface area contributed by atoms with Crippen LogP contribution in [0.25, 0.3) is 0 Å². The lowest BCUT2D eigenvalue weighted by Gasteiger charge is -2.15. The Balaban J connectivity index is 2.31. The standard InChI is InChI=1S/C12H10BrF3N4O/c1-17-11-18-6-7(13)10(20-11)19-8-4-2-3-5-9(8)21-12(14,15)16/h2-6H,1H3,(H2,17,18,19,20). The van der Waals surface area contributed by atoms with E-state index in [9.17, 15) is 13.2 Å². The Morgan fingerprint density at radius 2 is 1.95 bits per heavy atom. The molecule has 0 atom stereocenters. The molecule has 21 heavy (non-hydrogen) atoms. The molecule has 5 nitrogen and oxygen atoms in total. The van der Waals surface area contributed by atoms with Gasteiger partial charge in [0.05, 0.1) is 10.2 Å². The largest absolute Gasteiger partial charge is 0.573 e. The monoisotopic (exact) mass is 362 g/mol. The molecule has 1 heterocycles. The molecule has 2 rings (SSSR count). The van der Waals surface area contributed by atoms with Crippen molar-refractivity contribution in [1.82, 2.24) is 9.97 Å². The van der Waals surface area contributed by atoms with Crippen molar-refractivity contribution in [3.05, 3.63) is 34.9 Å². The highest BCUT2D eigenvalue weighted by Gasteiger charge is 2.32. The number of para-hydroxylation sites is 2. The molecule has 0 saturated heterocycles. The van der Waals surface area contributed by atoms with Gasteiger partial charge in [-0.05, 0) is 28.1 Å². The second kappa shape index (κ2) is 6.17. The van der Waals surface area contributed by atoms with Crippen molar-refractivity contribution in [3.63, 3.8) is 0 Å². The van der Waals surface area contributed by atoms with Crippen molar-refractivity contribution in [2.75, 3.05) is 17.7 Å². The van der Waals surface area contributed by atoms with Crippen LogP contribution in [0.15, 0.2) is 34.9 Å². The zero-order valence-corrected chi connectivity index (χ0v) is 12.3. The highest BCUT2D eigenvalue weighted by molar-refractivity contribution is 9.10. The molecule has 0 radical (unpaired) electrons. The van der Waals surface area contributed by atoms with Gasteiger partial charge in [0.25, 0.3) is 0 Å². The van der Waals surface area contributed by atoms with Gasteiger partial charge in [-0.1, -0.05) is 12.1 Å². The number of aromatic nitrogens is 2. The number of ether oxygens (including phenoxy) is 1. The lowest BCUT2D eigenvalue weighted by molar-refractivity contribution is -0.274. The van der Waals surface area contributed by atoms with Gasteiger partial charge in [-0.2, -0.15) is 4.98 Å². The van der Waals surface area contributed by atoms with Crippen molar-refractivity contribution in [3.8, 4) is 5.75 Å². The maximum atomic E-state index is 12.4. The molecular weight excluding hydrogens is 353 g/mol. The van der Waals surface area contributed by atoms with Crippen LogP contribution in [0.5, 0.6) is 5.75 Å². The van der Waals surface area contributed by atoms with E-state index >= 15 is 0 Å². The first-order valence-electron chi connectivity index (χ1n) is 5.71. The maximum Gasteiger partial charge on any atom is 0.573 e. The molecule has 0 saturated carbocycles. The number of benzene rings is 1. The maximum absolute atomic E-state index is 12.4. The summed E-state index contributed by atoms with van der Waals surface area (Å²) < 4.78 is 41.6. The normalized spacial score (nSPS) is 11.1. The molecule has 0 aliphatic heterocycles. The molecule has 9 heteroatoms. The number of hydrogen-bond acceptors (Lipinski definition) is 5. The average molecular weight is 363 g/mol. The third-order valence-electron chi connectivity index (χ3n) is 2.33. The van der Waals surface area contributed by atoms with Crippen molar-refractivity contribution in [2.24, 2.45) is 0 Å². The van der Waals surface area contributed by atoms with Gasteiger partial charge in [0.2, 0.25) is 5.95 Å². The topological polar surface area (TPSA) is 59.1 Å². The highest BCUT2D eigenvalue weighted by Crippen LogP contribution is 2.33. The van der Waals surface area contributed by atoms with Gasteiger partial charge in [0.15, 0.2) is 5.75 Å². The van der Waals surface area contributed by atoms with Gasteiger partial charge in [-0.3, -0.25) is 0 Å². The Morgan fingerprint density at radius 3 is 2.62 bits per heavy atom. The summed E-state index contributed by atoms with van der Waals surface area (Å²) in [5.74, 6) is 0.295. The molecule has 0 unspecified atom stereocenters. The van der Waals surface area contributed by atoms with Gasteiger partial charge >= 0.3 is 6.36 Å². The molecule has 0 amide bonds. The second-order valence-electron chi connectivity index (χ2n) is 3.81.